The molecule has 1 aromatic carbocycles. The summed E-state index contributed by atoms with van der Waals surface area (Å²) in [6.45, 7) is 4.59. The van der Waals surface area contributed by atoms with Crippen LogP contribution in [0.25, 0.3) is 0 Å². The van der Waals surface area contributed by atoms with Gasteiger partial charge in [-0.15, -0.1) is 0 Å². The topological polar surface area (TPSA) is 49.3 Å². The van der Waals surface area contributed by atoms with Gasteiger partial charge in [0.1, 0.15) is 0 Å². The second-order valence-corrected chi connectivity index (χ2v) is 6.90. The molecular weight excluding hydrogens is 306 g/mol. The number of hydrogen-bond acceptors (Lipinski definition) is 2. The lowest BCUT2D eigenvalue weighted by molar-refractivity contribution is 0.0697. The van der Waals surface area contributed by atoms with Crippen molar-refractivity contribution in [2.24, 2.45) is 5.41 Å². The van der Waals surface area contributed by atoms with Crippen molar-refractivity contribution < 1.29 is 9.90 Å². The van der Waals surface area contributed by atoms with Crippen LogP contribution in [0.2, 0.25) is 0 Å². The minimum absolute atomic E-state index is 0.326. The van der Waals surface area contributed by atoms with Crippen LogP contribution in [0.4, 0.5) is 5.69 Å². The molecule has 0 spiro atoms. The maximum atomic E-state index is 11.3. The van der Waals surface area contributed by atoms with Crippen LogP contribution >= 0.6 is 15.9 Å². The molecule has 1 aromatic rings. The second kappa shape index (κ2) is 5.53. The molecule has 0 radical (unpaired) electrons. The Morgan fingerprint density at radius 3 is 2.58 bits per heavy atom. The van der Waals surface area contributed by atoms with E-state index in [2.05, 4.69) is 35.1 Å². The van der Waals surface area contributed by atoms with E-state index in [4.69, 9.17) is 0 Å². The number of aromatic carboxylic acids is 1. The fourth-order valence-corrected chi connectivity index (χ4v) is 3.16. The van der Waals surface area contributed by atoms with E-state index in [1.165, 1.54) is 12.8 Å². The van der Waals surface area contributed by atoms with Crippen LogP contribution in [0.1, 0.15) is 49.9 Å². The van der Waals surface area contributed by atoms with Crippen molar-refractivity contribution >= 4 is 27.6 Å². The van der Waals surface area contributed by atoms with Crippen molar-refractivity contribution in [1.82, 2.24) is 0 Å². The van der Waals surface area contributed by atoms with Crippen LogP contribution < -0.4 is 5.32 Å². The third-order valence-corrected chi connectivity index (χ3v) is 4.59. The first kappa shape index (κ1) is 14.4. The van der Waals surface area contributed by atoms with Gasteiger partial charge in [-0.25, -0.2) is 4.79 Å². The molecule has 104 valence electrons. The van der Waals surface area contributed by atoms with E-state index in [0.717, 1.165) is 12.8 Å². The van der Waals surface area contributed by atoms with Gasteiger partial charge in [0.05, 0.1) is 11.3 Å². The van der Waals surface area contributed by atoms with Crippen molar-refractivity contribution in [2.45, 2.75) is 45.6 Å². The number of carbonyl (C=O) groups is 1. The molecule has 1 aliphatic carbocycles. The van der Waals surface area contributed by atoms with Gasteiger partial charge in [-0.2, -0.15) is 0 Å². The van der Waals surface area contributed by atoms with E-state index in [0.29, 0.717) is 27.2 Å². The van der Waals surface area contributed by atoms with Crippen LogP contribution in [-0.2, 0) is 0 Å². The molecule has 4 heteroatoms. The highest BCUT2D eigenvalue weighted by Gasteiger charge is 2.27. The number of anilines is 1. The van der Waals surface area contributed by atoms with Gasteiger partial charge in [0, 0.05) is 10.5 Å². The van der Waals surface area contributed by atoms with Crippen LogP contribution in [0.15, 0.2) is 22.7 Å². The summed E-state index contributed by atoms with van der Waals surface area (Å²) in [4.78, 5) is 11.3. The zero-order chi connectivity index (χ0) is 14.0. The molecule has 3 nitrogen and oxygen atoms in total. The summed E-state index contributed by atoms with van der Waals surface area (Å²) in [5.74, 6) is -0.897. The second-order valence-electron chi connectivity index (χ2n) is 6.05. The Bertz CT molecular complexity index is 475. The lowest BCUT2D eigenvalue weighted by Gasteiger charge is -2.35. The molecule has 1 aliphatic rings. The summed E-state index contributed by atoms with van der Waals surface area (Å²) in [5, 5.41) is 12.7. The average molecular weight is 326 g/mol. The molecule has 19 heavy (non-hydrogen) atoms. The van der Waals surface area contributed by atoms with Crippen LogP contribution in [0, 0.1) is 5.41 Å². The molecule has 0 unspecified atom stereocenters. The molecule has 2 rings (SSSR count). The first-order valence-corrected chi connectivity index (χ1v) is 7.47. The van der Waals surface area contributed by atoms with Gasteiger partial charge in [0.2, 0.25) is 0 Å². The lowest BCUT2D eigenvalue weighted by Crippen LogP contribution is -2.30. The van der Waals surface area contributed by atoms with Crippen molar-refractivity contribution in [2.75, 3.05) is 5.32 Å². The third-order valence-electron chi connectivity index (χ3n) is 3.93. The number of benzene rings is 1. The quantitative estimate of drug-likeness (QED) is 0.858. The summed E-state index contributed by atoms with van der Waals surface area (Å²) < 4.78 is 0.626. The molecule has 1 saturated carbocycles. The fourth-order valence-electron chi connectivity index (χ4n) is 2.63. The Hall–Kier alpha value is -1.03. The Labute approximate surface area is 122 Å². The van der Waals surface area contributed by atoms with E-state index < -0.39 is 5.97 Å². The van der Waals surface area contributed by atoms with Gasteiger partial charge < -0.3 is 10.4 Å². The number of hydrogen-bond donors (Lipinski definition) is 2. The predicted octanol–water partition coefficient (Wildman–Crippen LogP) is 4.53. The maximum Gasteiger partial charge on any atom is 0.338 e. The van der Waals surface area contributed by atoms with Crippen molar-refractivity contribution in [1.29, 1.82) is 0 Å². The molecule has 0 heterocycles. The molecular formula is C15H20BrNO2. The molecule has 0 atom stereocenters. The summed E-state index contributed by atoms with van der Waals surface area (Å²) in [7, 11) is 0. The smallest absolute Gasteiger partial charge is 0.338 e. The standard InChI is InChI=1S/C15H20BrNO2/c1-15(2)8-6-10(7-9-15)17-12-5-3-4-11(16)13(12)14(18)19/h3-5,10,17H,6-9H2,1-2H3,(H,18,19). The first-order valence-electron chi connectivity index (χ1n) is 6.67. The van der Waals surface area contributed by atoms with E-state index >= 15 is 0 Å². The summed E-state index contributed by atoms with van der Waals surface area (Å²) in [6.07, 6.45) is 4.55. The highest BCUT2D eigenvalue weighted by molar-refractivity contribution is 9.10. The van der Waals surface area contributed by atoms with E-state index in [9.17, 15) is 9.90 Å². The minimum atomic E-state index is -0.897. The summed E-state index contributed by atoms with van der Waals surface area (Å²) >= 11 is 3.31. The molecule has 1 fully saturated rings. The van der Waals surface area contributed by atoms with Gasteiger partial charge in [-0.1, -0.05) is 19.9 Å². The SMILES string of the molecule is CC1(C)CCC(Nc2cccc(Br)c2C(=O)O)CC1. The highest BCUT2D eigenvalue weighted by atomic mass is 79.9. The van der Waals surface area contributed by atoms with Gasteiger partial charge >= 0.3 is 5.97 Å². The molecule has 0 aliphatic heterocycles. The largest absolute Gasteiger partial charge is 0.478 e. The minimum Gasteiger partial charge on any atom is -0.478 e. The van der Waals surface area contributed by atoms with Crippen molar-refractivity contribution in [3.8, 4) is 0 Å². The molecule has 0 saturated heterocycles. The van der Waals surface area contributed by atoms with Gasteiger partial charge in [0.15, 0.2) is 0 Å². The summed E-state index contributed by atoms with van der Waals surface area (Å²) in [6, 6.07) is 5.85. The Morgan fingerprint density at radius 2 is 2.00 bits per heavy atom. The number of nitrogens with one attached hydrogen (secondary N) is 1. The number of carboxylic acids is 1. The average Bonchev–Trinajstić information content (AvgIpc) is 2.31. The van der Waals surface area contributed by atoms with Gasteiger partial charge in [0.25, 0.3) is 0 Å². The number of carboxylic acid groups (broad SMARTS) is 1. The Kier molecular flexibility index (Phi) is 4.19. The van der Waals surface area contributed by atoms with Crippen molar-refractivity contribution in [3.05, 3.63) is 28.2 Å². The van der Waals surface area contributed by atoms with Crippen LogP contribution in [0.3, 0.4) is 0 Å². The number of halogens is 1. The van der Waals surface area contributed by atoms with E-state index in [-0.39, 0.29) is 0 Å². The molecule has 0 amide bonds. The van der Waals surface area contributed by atoms with E-state index in [1.54, 1.807) is 6.07 Å². The molecule has 0 aromatic heterocycles. The molecule has 0 bridgehead atoms. The predicted molar refractivity (Wildman–Crippen MR) is 80.8 cm³/mol. The lowest BCUT2D eigenvalue weighted by atomic mass is 9.75. The Morgan fingerprint density at radius 1 is 1.37 bits per heavy atom. The highest BCUT2D eigenvalue weighted by Crippen LogP contribution is 2.36. The molecule has 2 N–H and O–H groups in total. The third kappa shape index (κ3) is 3.50. The van der Waals surface area contributed by atoms with Crippen molar-refractivity contribution in [3.63, 3.8) is 0 Å². The maximum absolute atomic E-state index is 11.3. The normalized spacial score (nSPS) is 19.1. The van der Waals surface area contributed by atoms with Crippen LogP contribution in [-0.4, -0.2) is 17.1 Å². The van der Waals surface area contributed by atoms with Gasteiger partial charge in [-0.05, 0) is 59.2 Å². The monoisotopic (exact) mass is 325 g/mol. The van der Waals surface area contributed by atoms with Gasteiger partial charge in [-0.3, -0.25) is 0 Å². The van der Waals surface area contributed by atoms with E-state index in [1.807, 2.05) is 12.1 Å². The first-order chi connectivity index (χ1) is 8.89. The Balaban J connectivity index is 2.12. The number of rotatable bonds is 3. The fraction of sp³-hybridized carbons (Fsp3) is 0.533. The zero-order valence-electron chi connectivity index (χ0n) is 11.4. The summed E-state index contributed by atoms with van der Waals surface area (Å²) in [5.41, 5.74) is 1.46. The van der Waals surface area contributed by atoms with Crippen LogP contribution in [0.5, 0.6) is 0 Å². The zero-order valence-corrected chi connectivity index (χ0v) is 13.0.